The van der Waals surface area contributed by atoms with Gasteiger partial charge in [-0.05, 0) is 31.4 Å². The van der Waals surface area contributed by atoms with Gasteiger partial charge in [-0.15, -0.1) is 0 Å². The molecule has 1 aromatic carbocycles. The first-order chi connectivity index (χ1) is 8.92. The number of carbonyl (C=O) groups excluding carboxylic acids is 1. The lowest BCUT2D eigenvalue weighted by molar-refractivity contribution is -0.121. The van der Waals surface area contributed by atoms with E-state index in [1.807, 2.05) is 38.1 Å². The van der Waals surface area contributed by atoms with E-state index in [1.54, 1.807) is 7.11 Å². The molecule has 4 heteroatoms. The summed E-state index contributed by atoms with van der Waals surface area (Å²) in [4.78, 5) is 11.7. The molecular weight excluding hydrogens is 240 g/mol. The Balaban J connectivity index is 2.46. The van der Waals surface area contributed by atoms with Gasteiger partial charge in [-0.3, -0.25) is 4.79 Å². The van der Waals surface area contributed by atoms with E-state index in [1.165, 1.54) is 0 Å². The largest absolute Gasteiger partial charge is 0.380 e. The average molecular weight is 264 g/mol. The zero-order valence-corrected chi connectivity index (χ0v) is 12.0. The van der Waals surface area contributed by atoms with Gasteiger partial charge in [0.05, 0.1) is 6.61 Å². The molecule has 0 atom stereocenters. The third-order valence-electron chi connectivity index (χ3n) is 2.89. The van der Waals surface area contributed by atoms with Crippen molar-refractivity contribution in [1.82, 2.24) is 5.32 Å². The lowest BCUT2D eigenvalue weighted by atomic mass is 10.00. The van der Waals surface area contributed by atoms with Gasteiger partial charge in [-0.1, -0.05) is 24.3 Å². The standard InChI is InChI=1S/C15H24N2O2/c1-15(2,16)9-8-14(18)17-10-12-6-4-5-7-13(12)11-19-3/h4-7H,8-11,16H2,1-3H3,(H,17,18). The SMILES string of the molecule is COCc1ccccc1CNC(=O)CCC(C)(C)N. The van der Waals surface area contributed by atoms with Gasteiger partial charge < -0.3 is 15.8 Å². The van der Waals surface area contributed by atoms with Gasteiger partial charge in [0.2, 0.25) is 5.91 Å². The predicted molar refractivity (Wildman–Crippen MR) is 76.5 cm³/mol. The fourth-order valence-electron chi connectivity index (χ4n) is 1.74. The maximum atomic E-state index is 11.7. The fourth-order valence-corrected chi connectivity index (χ4v) is 1.74. The zero-order chi connectivity index (χ0) is 14.3. The maximum Gasteiger partial charge on any atom is 0.220 e. The van der Waals surface area contributed by atoms with Crippen LogP contribution in [-0.2, 0) is 22.7 Å². The van der Waals surface area contributed by atoms with Crippen LogP contribution in [0.15, 0.2) is 24.3 Å². The van der Waals surface area contributed by atoms with Crippen LogP contribution in [0.3, 0.4) is 0 Å². The Morgan fingerprint density at radius 3 is 2.53 bits per heavy atom. The summed E-state index contributed by atoms with van der Waals surface area (Å²) in [5.74, 6) is 0.0331. The maximum absolute atomic E-state index is 11.7. The van der Waals surface area contributed by atoms with Crippen molar-refractivity contribution in [1.29, 1.82) is 0 Å². The third-order valence-corrected chi connectivity index (χ3v) is 2.89. The van der Waals surface area contributed by atoms with Crippen LogP contribution < -0.4 is 11.1 Å². The Hall–Kier alpha value is -1.39. The van der Waals surface area contributed by atoms with Crippen LogP contribution in [0.25, 0.3) is 0 Å². The molecule has 1 amide bonds. The van der Waals surface area contributed by atoms with Gasteiger partial charge in [-0.2, -0.15) is 0 Å². The topological polar surface area (TPSA) is 64.3 Å². The quantitative estimate of drug-likeness (QED) is 0.791. The number of hydrogen-bond donors (Lipinski definition) is 2. The molecular formula is C15H24N2O2. The number of nitrogens with two attached hydrogens (primary N) is 1. The molecule has 106 valence electrons. The summed E-state index contributed by atoms with van der Waals surface area (Å²) in [5, 5.41) is 2.92. The number of ether oxygens (including phenoxy) is 1. The van der Waals surface area contributed by atoms with Crippen molar-refractivity contribution in [3.05, 3.63) is 35.4 Å². The number of rotatable bonds is 7. The average Bonchev–Trinajstić information content (AvgIpc) is 2.35. The van der Waals surface area contributed by atoms with Crippen LogP contribution in [0.4, 0.5) is 0 Å². The molecule has 1 rings (SSSR count). The number of benzene rings is 1. The number of nitrogens with one attached hydrogen (secondary N) is 1. The van der Waals surface area contributed by atoms with E-state index in [4.69, 9.17) is 10.5 Å². The Morgan fingerprint density at radius 2 is 1.95 bits per heavy atom. The van der Waals surface area contributed by atoms with E-state index < -0.39 is 0 Å². The van der Waals surface area contributed by atoms with Gasteiger partial charge in [0.25, 0.3) is 0 Å². The molecule has 19 heavy (non-hydrogen) atoms. The molecule has 0 spiro atoms. The smallest absolute Gasteiger partial charge is 0.220 e. The van der Waals surface area contributed by atoms with E-state index in [0.717, 1.165) is 11.1 Å². The van der Waals surface area contributed by atoms with Crippen LogP contribution in [0.5, 0.6) is 0 Å². The normalized spacial score (nSPS) is 11.4. The molecule has 0 unspecified atom stereocenters. The molecule has 0 saturated heterocycles. The lowest BCUT2D eigenvalue weighted by Crippen LogP contribution is -2.34. The van der Waals surface area contributed by atoms with Crippen LogP contribution >= 0.6 is 0 Å². The highest BCUT2D eigenvalue weighted by atomic mass is 16.5. The summed E-state index contributed by atoms with van der Waals surface area (Å²) in [5.41, 5.74) is 7.75. The lowest BCUT2D eigenvalue weighted by Gasteiger charge is -2.17. The molecule has 4 nitrogen and oxygen atoms in total. The minimum atomic E-state index is -0.300. The first-order valence-corrected chi connectivity index (χ1v) is 6.53. The van der Waals surface area contributed by atoms with Crippen molar-refractivity contribution in [2.24, 2.45) is 5.73 Å². The molecule has 0 saturated carbocycles. The van der Waals surface area contributed by atoms with Crippen LogP contribution in [-0.4, -0.2) is 18.6 Å². The second kappa shape index (κ2) is 7.26. The number of amides is 1. The van der Waals surface area contributed by atoms with Crippen LogP contribution in [0.1, 0.15) is 37.8 Å². The minimum absolute atomic E-state index is 0.0331. The van der Waals surface area contributed by atoms with E-state index in [-0.39, 0.29) is 11.4 Å². The first kappa shape index (κ1) is 15.7. The molecule has 0 aliphatic heterocycles. The summed E-state index contributed by atoms with van der Waals surface area (Å²) in [6, 6.07) is 7.94. The highest BCUT2D eigenvalue weighted by Crippen LogP contribution is 2.10. The van der Waals surface area contributed by atoms with Crippen molar-refractivity contribution < 1.29 is 9.53 Å². The Morgan fingerprint density at radius 1 is 1.32 bits per heavy atom. The van der Waals surface area contributed by atoms with Crippen LogP contribution in [0, 0.1) is 0 Å². The summed E-state index contributed by atoms with van der Waals surface area (Å²) in [6.45, 7) is 4.94. The highest BCUT2D eigenvalue weighted by molar-refractivity contribution is 5.76. The third kappa shape index (κ3) is 6.36. The van der Waals surface area contributed by atoms with Gasteiger partial charge in [-0.25, -0.2) is 0 Å². The monoisotopic (exact) mass is 264 g/mol. The number of carbonyl (C=O) groups is 1. The molecule has 3 N–H and O–H groups in total. The van der Waals surface area contributed by atoms with E-state index in [0.29, 0.717) is 26.0 Å². The number of hydrogen-bond acceptors (Lipinski definition) is 3. The summed E-state index contributed by atoms with van der Waals surface area (Å²) in [7, 11) is 1.67. The van der Waals surface area contributed by atoms with E-state index in [9.17, 15) is 4.79 Å². The second-order valence-electron chi connectivity index (χ2n) is 5.47. The van der Waals surface area contributed by atoms with Crippen LogP contribution in [0.2, 0.25) is 0 Å². The van der Waals surface area contributed by atoms with Gasteiger partial charge in [0.1, 0.15) is 0 Å². The van der Waals surface area contributed by atoms with Crippen molar-refractivity contribution in [3.63, 3.8) is 0 Å². The highest BCUT2D eigenvalue weighted by Gasteiger charge is 2.13. The van der Waals surface area contributed by atoms with Crippen molar-refractivity contribution in [2.75, 3.05) is 7.11 Å². The number of methoxy groups -OCH3 is 1. The van der Waals surface area contributed by atoms with E-state index in [2.05, 4.69) is 5.32 Å². The summed E-state index contributed by atoms with van der Waals surface area (Å²) < 4.78 is 5.14. The van der Waals surface area contributed by atoms with Gasteiger partial charge >= 0.3 is 0 Å². The van der Waals surface area contributed by atoms with Gasteiger partial charge in [0.15, 0.2) is 0 Å². The molecule has 0 aliphatic rings. The molecule has 0 aliphatic carbocycles. The molecule has 0 radical (unpaired) electrons. The predicted octanol–water partition coefficient (Wildman–Crippen LogP) is 1.97. The van der Waals surface area contributed by atoms with Crippen molar-refractivity contribution in [2.45, 2.75) is 45.4 Å². The molecule has 0 aromatic heterocycles. The Kier molecular flexibility index (Phi) is 5.99. The molecule has 1 aromatic rings. The minimum Gasteiger partial charge on any atom is -0.380 e. The second-order valence-corrected chi connectivity index (χ2v) is 5.47. The van der Waals surface area contributed by atoms with Gasteiger partial charge in [0, 0.05) is 25.6 Å². The molecule has 0 bridgehead atoms. The fraction of sp³-hybridized carbons (Fsp3) is 0.533. The molecule has 0 heterocycles. The van der Waals surface area contributed by atoms with E-state index >= 15 is 0 Å². The van der Waals surface area contributed by atoms with Crippen molar-refractivity contribution in [3.8, 4) is 0 Å². The zero-order valence-electron chi connectivity index (χ0n) is 12.0. The molecule has 0 fully saturated rings. The first-order valence-electron chi connectivity index (χ1n) is 6.53. The van der Waals surface area contributed by atoms with Crippen molar-refractivity contribution >= 4 is 5.91 Å². The summed E-state index contributed by atoms with van der Waals surface area (Å²) >= 11 is 0. The Bertz CT molecular complexity index is 411. The summed E-state index contributed by atoms with van der Waals surface area (Å²) in [6.07, 6.45) is 1.13. The Labute approximate surface area is 115 Å².